The fraction of sp³-hybridized carbons (Fsp3) is 0.714. The molecule has 22 heavy (non-hydrogen) atoms. The van der Waals surface area contributed by atoms with Crippen molar-refractivity contribution in [2.24, 2.45) is 11.8 Å². The molecule has 2 saturated heterocycles. The van der Waals surface area contributed by atoms with E-state index < -0.39 is 10.0 Å². The Morgan fingerprint density at radius 1 is 1.27 bits per heavy atom. The van der Waals surface area contributed by atoms with Crippen molar-refractivity contribution < 1.29 is 13.2 Å². The zero-order valence-electron chi connectivity index (χ0n) is 12.3. The van der Waals surface area contributed by atoms with Crippen LogP contribution in [0.1, 0.15) is 12.8 Å². The highest BCUT2D eigenvalue weighted by Crippen LogP contribution is 2.35. The van der Waals surface area contributed by atoms with Crippen molar-refractivity contribution in [3.05, 3.63) is 18.5 Å². The maximum atomic E-state index is 11.9. The van der Waals surface area contributed by atoms with E-state index in [0.717, 1.165) is 31.9 Å². The Kier molecular flexibility index (Phi) is 3.54. The summed E-state index contributed by atoms with van der Waals surface area (Å²) in [5.74, 6) is 1.29. The SMILES string of the molecule is O=S(=O)(NC[C@@H]1CO[C@H]2CN(c3ncccn3)C[C@@H]12)C1CC1. The largest absolute Gasteiger partial charge is 0.376 e. The molecule has 0 amide bonds. The Hall–Kier alpha value is -1.25. The van der Waals surface area contributed by atoms with Crippen molar-refractivity contribution >= 4 is 16.0 Å². The zero-order chi connectivity index (χ0) is 15.2. The Morgan fingerprint density at radius 3 is 2.77 bits per heavy atom. The highest BCUT2D eigenvalue weighted by molar-refractivity contribution is 7.90. The Labute approximate surface area is 130 Å². The lowest BCUT2D eigenvalue weighted by atomic mass is 9.93. The predicted octanol–water partition coefficient (Wildman–Crippen LogP) is 0.00960. The lowest BCUT2D eigenvalue weighted by Crippen LogP contribution is -2.36. The van der Waals surface area contributed by atoms with Crippen molar-refractivity contribution in [3.63, 3.8) is 0 Å². The van der Waals surface area contributed by atoms with Gasteiger partial charge in [0.2, 0.25) is 16.0 Å². The normalized spacial score (nSPS) is 31.5. The van der Waals surface area contributed by atoms with Crippen LogP contribution in [-0.4, -0.2) is 56.0 Å². The summed E-state index contributed by atoms with van der Waals surface area (Å²) < 4.78 is 32.5. The summed E-state index contributed by atoms with van der Waals surface area (Å²) >= 11 is 0. The van der Waals surface area contributed by atoms with E-state index in [2.05, 4.69) is 19.6 Å². The number of fused-ring (bicyclic) bond motifs is 1. The Bertz CT molecular complexity index is 635. The van der Waals surface area contributed by atoms with E-state index in [9.17, 15) is 8.42 Å². The van der Waals surface area contributed by atoms with Gasteiger partial charge in [-0.25, -0.2) is 23.1 Å². The molecule has 7 nitrogen and oxygen atoms in total. The maximum absolute atomic E-state index is 11.9. The molecule has 3 fully saturated rings. The molecular formula is C14H20N4O3S. The van der Waals surface area contributed by atoms with Gasteiger partial charge in [0, 0.05) is 43.9 Å². The summed E-state index contributed by atoms with van der Waals surface area (Å²) in [7, 11) is -3.11. The van der Waals surface area contributed by atoms with E-state index in [0.29, 0.717) is 19.1 Å². The summed E-state index contributed by atoms with van der Waals surface area (Å²) in [6.45, 7) is 2.71. The number of rotatable bonds is 5. The smallest absolute Gasteiger partial charge is 0.225 e. The third-order valence-electron chi connectivity index (χ3n) is 4.78. The van der Waals surface area contributed by atoms with Crippen molar-refractivity contribution in [2.75, 3.05) is 31.1 Å². The molecule has 0 radical (unpaired) electrons. The van der Waals surface area contributed by atoms with Crippen molar-refractivity contribution in [3.8, 4) is 0 Å². The fourth-order valence-corrected chi connectivity index (χ4v) is 4.79. The van der Waals surface area contributed by atoms with Gasteiger partial charge < -0.3 is 9.64 Å². The van der Waals surface area contributed by atoms with Gasteiger partial charge in [-0.2, -0.15) is 0 Å². The number of aromatic nitrogens is 2. The van der Waals surface area contributed by atoms with Gasteiger partial charge in [0.15, 0.2) is 0 Å². The second-order valence-corrected chi connectivity index (χ2v) is 8.39. The van der Waals surface area contributed by atoms with Crippen LogP contribution in [0.25, 0.3) is 0 Å². The van der Waals surface area contributed by atoms with Crippen molar-refractivity contribution in [2.45, 2.75) is 24.2 Å². The second kappa shape index (κ2) is 5.43. The number of hydrogen-bond acceptors (Lipinski definition) is 6. The van der Waals surface area contributed by atoms with Crippen molar-refractivity contribution in [1.82, 2.24) is 14.7 Å². The standard InChI is InChI=1S/C14H20N4O3S/c19-22(20,11-2-3-11)17-6-10-9-21-13-8-18(7-12(10)13)14-15-4-1-5-16-14/h1,4-5,10-13,17H,2-3,6-9H2/t10-,12+,13+/m1/s1. The Balaban J connectivity index is 1.38. The second-order valence-electron chi connectivity index (χ2n) is 6.34. The van der Waals surface area contributed by atoms with Crippen LogP contribution in [0.3, 0.4) is 0 Å². The fourth-order valence-electron chi connectivity index (χ4n) is 3.35. The number of hydrogen-bond donors (Lipinski definition) is 1. The number of sulfonamides is 1. The third kappa shape index (κ3) is 2.70. The number of anilines is 1. The van der Waals surface area contributed by atoms with Crippen LogP contribution < -0.4 is 9.62 Å². The summed E-state index contributed by atoms with van der Waals surface area (Å²) in [5.41, 5.74) is 0. The molecule has 3 aliphatic rings. The van der Waals surface area contributed by atoms with Crippen LogP contribution >= 0.6 is 0 Å². The number of nitrogens with one attached hydrogen (secondary N) is 1. The molecule has 0 aromatic carbocycles. The molecule has 120 valence electrons. The van der Waals surface area contributed by atoms with Crippen LogP contribution in [0.2, 0.25) is 0 Å². The van der Waals surface area contributed by atoms with Gasteiger partial charge in [-0.3, -0.25) is 0 Å². The van der Waals surface area contributed by atoms with Crippen LogP contribution in [0.5, 0.6) is 0 Å². The first-order chi connectivity index (χ1) is 10.6. The summed E-state index contributed by atoms with van der Waals surface area (Å²) in [6, 6.07) is 1.80. The molecule has 4 rings (SSSR count). The molecule has 8 heteroatoms. The molecule has 0 spiro atoms. The lowest BCUT2D eigenvalue weighted by molar-refractivity contribution is 0.111. The number of ether oxygens (including phenoxy) is 1. The molecule has 1 aromatic rings. The van der Waals surface area contributed by atoms with E-state index in [-0.39, 0.29) is 17.3 Å². The van der Waals surface area contributed by atoms with Crippen molar-refractivity contribution in [1.29, 1.82) is 0 Å². The molecule has 0 bridgehead atoms. The molecule has 3 atom stereocenters. The molecule has 1 aromatic heterocycles. The first-order valence-corrected chi connectivity index (χ1v) is 9.30. The molecule has 2 aliphatic heterocycles. The predicted molar refractivity (Wildman–Crippen MR) is 80.9 cm³/mol. The van der Waals surface area contributed by atoms with Gasteiger partial charge >= 0.3 is 0 Å². The molecule has 1 N–H and O–H groups in total. The average molecular weight is 324 g/mol. The van der Waals surface area contributed by atoms with E-state index in [1.807, 2.05) is 0 Å². The minimum absolute atomic E-state index is 0.152. The van der Waals surface area contributed by atoms with E-state index in [1.165, 1.54) is 0 Å². The summed E-state index contributed by atoms with van der Waals surface area (Å²) in [5, 5.41) is -0.164. The molecular weight excluding hydrogens is 304 g/mol. The third-order valence-corrected chi connectivity index (χ3v) is 6.70. The highest BCUT2D eigenvalue weighted by Gasteiger charge is 2.45. The average Bonchev–Trinajstić information content (AvgIpc) is 3.20. The van der Waals surface area contributed by atoms with E-state index in [4.69, 9.17) is 4.74 Å². The van der Waals surface area contributed by atoms with Gasteiger partial charge in [-0.05, 0) is 18.9 Å². The Morgan fingerprint density at radius 2 is 2.05 bits per heavy atom. The first kappa shape index (κ1) is 14.3. The lowest BCUT2D eigenvalue weighted by Gasteiger charge is -2.19. The molecule has 1 saturated carbocycles. The van der Waals surface area contributed by atoms with Gasteiger partial charge in [0.05, 0.1) is 18.0 Å². The zero-order valence-corrected chi connectivity index (χ0v) is 13.1. The molecule has 0 unspecified atom stereocenters. The minimum atomic E-state index is -3.11. The quantitative estimate of drug-likeness (QED) is 0.821. The summed E-state index contributed by atoms with van der Waals surface area (Å²) in [4.78, 5) is 10.7. The number of nitrogens with zero attached hydrogens (tertiary/aromatic N) is 3. The van der Waals surface area contributed by atoms with Gasteiger partial charge in [0.1, 0.15) is 0 Å². The van der Waals surface area contributed by atoms with Crippen LogP contribution in [0, 0.1) is 11.8 Å². The van der Waals surface area contributed by atoms with E-state index in [1.54, 1.807) is 18.5 Å². The molecule has 3 heterocycles. The van der Waals surface area contributed by atoms with Crippen LogP contribution in [-0.2, 0) is 14.8 Å². The van der Waals surface area contributed by atoms with Gasteiger partial charge in [0.25, 0.3) is 0 Å². The van der Waals surface area contributed by atoms with Crippen LogP contribution in [0.4, 0.5) is 5.95 Å². The first-order valence-electron chi connectivity index (χ1n) is 7.75. The minimum Gasteiger partial charge on any atom is -0.376 e. The van der Waals surface area contributed by atoms with Crippen LogP contribution in [0.15, 0.2) is 18.5 Å². The summed E-state index contributed by atoms with van der Waals surface area (Å²) in [6.07, 6.45) is 5.21. The monoisotopic (exact) mass is 324 g/mol. The highest BCUT2D eigenvalue weighted by atomic mass is 32.2. The van der Waals surface area contributed by atoms with Gasteiger partial charge in [-0.1, -0.05) is 0 Å². The maximum Gasteiger partial charge on any atom is 0.225 e. The van der Waals surface area contributed by atoms with E-state index >= 15 is 0 Å². The molecule has 1 aliphatic carbocycles. The van der Waals surface area contributed by atoms with Gasteiger partial charge in [-0.15, -0.1) is 0 Å². The topological polar surface area (TPSA) is 84.4 Å².